The second kappa shape index (κ2) is 19.3. The van der Waals surface area contributed by atoms with Gasteiger partial charge in [0.1, 0.15) is 35.4 Å². The van der Waals surface area contributed by atoms with Gasteiger partial charge in [0.15, 0.2) is 5.65 Å². The van der Waals surface area contributed by atoms with E-state index in [0.29, 0.717) is 61.0 Å². The van der Waals surface area contributed by atoms with Crippen molar-refractivity contribution in [1.29, 1.82) is 0 Å². The number of nitrogen functional groups attached to an aromatic ring is 1. The van der Waals surface area contributed by atoms with Crippen molar-refractivity contribution < 1.29 is 56.5 Å². The zero-order chi connectivity index (χ0) is 48.6. The molecular weight excluding hydrogens is 906 g/mol. The van der Waals surface area contributed by atoms with E-state index in [9.17, 15) is 37.1 Å². The fraction of sp³-hybridized carbons (Fsp3) is 0.383. The molecule has 7 heterocycles. The normalized spacial score (nSPS) is 19.5. The largest absolute Gasteiger partial charge is 0.490 e. The number of para-hydroxylation sites is 1. The van der Waals surface area contributed by atoms with E-state index >= 15 is 0 Å². The number of aromatic nitrogens is 4. The van der Waals surface area contributed by atoms with Crippen LogP contribution in [0.4, 0.5) is 24.7 Å². The predicted octanol–water partition coefficient (Wildman–Crippen LogP) is 4.44. The van der Waals surface area contributed by atoms with E-state index in [1.54, 1.807) is 12.1 Å². The maximum atomic E-state index is 13.5. The highest BCUT2D eigenvalue weighted by molar-refractivity contribution is 6.23. The van der Waals surface area contributed by atoms with Gasteiger partial charge in [-0.1, -0.05) is 18.2 Å². The van der Waals surface area contributed by atoms with E-state index in [1.807, 2.05) is 70.2 Å². The molecule has 2 aromatic heterocycles. The van der Waals surface area contributed by atoms with Crippen molar-refractivity contribution in [2.24, 2.45) is 0 Å². The number of likely N-dealkylation sites (tertiary alicyclic amines) is 2. The molecule has 5 aromatic rings. The topological polar surface area (TPSA) is 236 Å². The average Bonchev–Trinajstić information content (AvgIpc) is 3.83. The van der Waals surface area contributed by atoms with Gasteiger partial charge in [-0.2, -0.15) is 18.3 Å². The van der Waals surface area contributed by atoms with Gasteiger partial charge in [0.2, 0.25) is 17.7 Å². The van der Waals surface area contributed by atoms with E-state index < -0.39 is 41.8 Å². The number of nitrogens with two attached hydrogens (primary N) is 1. The third kappa shape index (κ3) is 9.93. The molecule has 0 radical (unpaired) electrons. The molecule has 1 unspecified atom stereocenters. The van der Waals surface area contributed by atoms with Crippen molar-refractivity contribution in [3.05, 3.63) is 90.3 Å². The number of piperidine rings is 3. The van der Waals surface area contributed by atoms with Crippen LogP contribution in [0.25, 0.3) is 22.3 Å². The van der Waals surface area contributed by atoms with Gasteiger partial charge in [0.05, 0.1) is 41.3 Å². The fourth-order valence-corrected chi connectivity index (χ4v) is 9.28. The number of anilines is 2. The molecule has 3 aromatic carbocycles. The molecule has 69 heavy (non-hydrogen) atoms. The van der Waals surface area contributed by atoms with Gasteiger partial charge in [-0.25, -0.2) is 19.4 Å². The second-order valence-electron chi connectivity index (χ2n) is 17.4. The number of aliphatic carboxylic acids is 1. The first-order valence-electron chi connectivity index (χ1n) is 22.5. The first-order valence-corrected chi connectivity index (χ1v) is 22.5. The molecule has 5 aliphatic rings. The van der Waals surface area contributed by atoms with Crippen LogP contribution >= 0.6 is 0 Å². The van der Waals surface area contributed by atoms with Crippen LogP contribution in [0.3, 0.4) is 0 Å². The van der Waals surface area contributed by atoms with Crippen LogP contribution in [0, 0.1) is 0 Å². The van der Waals surface area contributed by atoms with Gasteiger partial charge < -0.3 is 30.1 Å². The van der Waals surface area contributed by atoms with Gasteiger partial charge in [-0.05, 0) is 86.7 Å². The van der Waals surface area contributed by atoms with Crippen LogP contribution in [0.2, 0.25) is 0 Å². The highest BCUT2D eigenvalue weighted by atomic mass is 19.4. The molecule has 0 saturated carbocycles. The molecule has 19 nitrogen and oxygen atoms in total. The number of hydrogen-bond donors (Lipinski definition) is 3. The van der Waals surface area contributed by atoms with Gasteiger partial charge in [0.25, 0.3) is 11.8 Å². The quantitative estimate of drug-likeness (QED) is 0.164. The Labute approximate surface area is 391 Å². The number of nitrogens with zero attached hydrogens (tertiary/aromatic N) is 8. The summed E-state index contributed by atoms with van der Waals surface area (Å²) in [6, 6.07) is 21.6. The summed E-state index contributed by atoms with van der Waals surface area (Å²) in [6.07, 6.45) is -0.143. The van der Waals surface area contributed by atoms with E-state index in [0.717, 1.165) is 60.7 Å². The number of amides is 5. The van der Waals surface area contributed by atoms with Crippen LogP contribution in [-0.2, 0) is 23.9 Å². The number of hydrogen-bond acceptors (Lipinski definition) is 14. The molecule has 360 valence electrons. The van der Waals surface area contributed by atoms with Crippen LogP contribution in [0.5, 0.6) is 11.5 Å². The number of halogens is 3. The first kappa shape index (κ1) is 46.6. The smallest absolute Gasteiger partial charge is 0.475 e. The summed E-state index contributed by atoms with van der Waals surface area (Å²) < 4.78 is 46.1. The molecule has 5 aliphatic heterocycles. The lowest BCUT2D eigenvalue weighted by Gasteiger charge is -2.43. The highest BCUT2D eigenvalue weighted by Gasteiger charge is 2.45. The summed E-state index contributed by atoms with van der Waals surface area (Å²) in [7, 11) is 0. The summed E-state index contributed by atoms with van der Waals surface area (Å²) >= 11 is 0. The number of carboxylic acid groups (broad SMARTS) is 1. The molecule has 22 heteroatoms. The SMILES string of the molecule is Nc1ncnc2c1c(-c1ccc(Oc3ccccc3)cc1)nn2C1CCN(C(=O)CN2CCC(OC3CN(c4ccc5c(c4)C(=O)N(C4CCC(=O)NC4=O)C5=O)C3)CC2)CC1.O=C(O)C(F)(F)F. The van der Waals surface area contributed by atoms with E-state index in [4.69, 9.17) is 30.2 Å². The fourth-order valence-electron chi connectivity index (χ4n) is 9.28. The Hall–Kier alpha value is -7.46. The number of rotatable bonds is 10. The molecule has 5 amide bonds. The maximum Gasteiger partial charge on any atom is 0.490 e. The highest BCUT2D eigenvalue weighted by Crippen LogP contribution is 2.36. The lowest BCUT2D eigenvalue weighted by Crippen LogP contribution is -2.54. The van der Waals surface area contributed by atoms with Gasteiger partial charge in [0, 0.05) is 56.9 Å². The van der Waals surface area contributed by atoms with Gasteiger partial charge >= 0.3 is 12.1 Å². The van der Waals surface area contributed by atoms with Crippen molar-refractivity contribution in [3.63, 3.8) is 0 Å². The number of carbonyl (C=O) groups excluding carboxylic acids is 5. The van der Waals surface area contributed by atoms with Crippen LogP contribution in [0.15, 0.2) is 79.1 Å². The van der Waals surface area contributed by atoms with Crippen molar-refractivity contribution in [2.45, 2.75) is 69.0 Å². The Balaban J connectivity index is 0.000000788. The second-order valence-corrected chi connectivity index (χ2v) is 17.4. The molecule has 0 spiro atoms. The average molecular weight is 953 g/mol. The van der Waals surface area contributed by atoms with E-state index in [-0.39, 0.29) is 48.1 Å². The monoisotopic (exact) mass is 952 g/mol. The van der Waals surface area contributed by atoms with Crippen LogP contribution in [-0.4, -0.2) is 145 Å². The summed E-state index contributed by atoms with van der Waals surface area (Å²) in [4.78, 5) is 89.0. The minimum atomic E-state index is -5.08. The molecule has 1 atom stereocenters. The maximum absolute atomic E-state index is 13.5. The van der Waals surface area contributed by atoms with Gasteiger partial charge in [-0.3, -0.25) is 39.1 Å². The molecule has 0 bridgehead atoms. The Morgan fingerprint density at radius 3 is 2.14 bits per heavy atom. The van der Waals surface area contributed by atoms with Crippen molar-refractivity contribution in [1.82, 2.24) is 39.8 Å². The van der Waals surface area contributed by atoms with Crippen LogP contribution < -0.4 is 20.7 Å². The summed E-state index contributed by atoms with van der Waals surface area (Å²) in [6.45, 7) is 4.47. The Morgan fingerprint density at radius 1 is 0.812 bits per heavy atom. The molecule has 10 rings (SSSR count). The Bertz CT molecular complexity index is 2790. The van der Waals surface area contributed by atoms with Crippen molar-refractivity contribution >= 4 is 58.0 Å². The summed E-state index contributed by atoms with van der Waals surface area (Å²) in [5, 5.41) is 15.1. The van der Waals surface area contributed by atoms with E-state index in [2.05, 4.69) is 25.1 Å². The Kier molecular flexibility index (Phi) is 13.0. The first-order chi connectivity index (χ1) is 33.1. The molecule has 4 N–H and O–H groups in total. The number of fused-ring (bicyclic) bond motifs is 2. The van der Waals surface area contributed by atoms with Crippen LogP contribution in [0.1, 0.15) is 65.3 Å². The summed E-state index contributed by atoms with van der Waals surface area (Å²) in [5.74, 6) is -2.85. The number of alkyl halides is 3. The molecular formula is C47H47F3N10O9. The number of carbonyl (C=O) groups is 6. The third-order valence-electron chi connectivity index (χ3n) is 12.9. The lowest BCUT2D eigenvalue weighted by molar-refractivity contribution is -0.192. The minimum absolute atomic E-state index is 0.0333. The van der Waals surface area contributed by atoms with Crippen molar-refractivity contribution in [3.8, 4) is 22.8 Å². The van der Waals surface area contributed by atoms with Crippen molar-refractivity contribution in [2.75, 3.05) is 56.4 Å². The summed E-state index contributed by atoms with van der Waals surface area (Å²) in [5.41, 5.74) is 10.0. The number of nitrogens with one attached hydrogen (secondary N) is 1. The molecule has 4 saturated heterocycles. The zero-order valence-electron chi connectivity index (χ0n) is 37.0. The standard InChI is InChI=1S/C45H46N10O7.C2HF3O2/c46-41-39-40(27-6-9-31(10-7-27)61-30-4-2-1-3-5-30)50-55(42(39)48-26-47-41)28-14-20-52(21-15-28)38(57)25-51-18-16-32(17-19-51)62-33-23-53(24-33)29-8-11-34-35(22-29)45(60)54(44(34)59)36-12-13-37(56)49-43(36)58;3-2(4,5)1(6)7/h1-11,22,26,28,32-33,36H,12-21,23-25H2,(H2,46,47,48)(H,49,56,58);(H,6,7). The number of carboxylic acids is 1. The van der Waals surface area contributed by atoms with Gasteiger partial charge in [-0.15, -0.1) is 0 Å². The number of ether oxygens (including phenoxy) is 2. The molecule has 4 fully saturated rings. The number of benzene rings is 3. The third-order valence-corrected chi connectivity index (χ3v) is 12.9. The predicted molar refractivity (Wildman–Crippen MR) is 240 cm³/mol. The lowest BCUT2D eigenvalue weighted by atomic mass is 10.0. The van der Waals surface area contributed by atoms with E-state index in [1.165, 1.54) is 6.33 Å². The molecule has 0 aliphatic carbocycles. The Morgan fingerprint density at radius 2 is 1.48 bits per heavy atom. The zero-order valence-corrected chi connectivity index (χ0v) is 37.0. The number of imide groups is 2. The minimum Gasteiger partial charge on any atom is -0.475 e.